The predicted octanol–water partition coefficient (Wildman–Crippen LogP) is 0.868. The summed E-state index contributed by atoms with van der Waals surface area (Å²) in [7, 11) is 1.84. The topological polar surface area (TPSA) is 46.9 Å². The number of nitrogens with zero attached hydrogens (tertiary/aromatic N) is 2. The van der Waals surface area contributed by atoms with Crippen molar-refractivity contribution in [1.82, 2.24) is 15.1 Å². The molecule has 1 saturated carbocycles. The summed E-state index contributed by atoms with van der Waals surface area (Å²) in [5.74, 6) is 0.721. The van der Waals surface area contributed by atoms with Crippen molar-refractivity contribution in [3.63, 3.8) is 0 Å². The Morgan fingerprint density at radius 3 is 2.93 bits per heavy atom. The molecule has 0 unspecified atom stereocenters. The van der Waals surface area contributed by atoms with E-state index in [1.807, 2.05) is 14.0 Å². The van der Waals surface area contributed by atoms with E-state index < -0.39 is 0 Å². The minimum absolute atomic E-state index is 0.00231. The zero-order valence-corrected chi connectivity index (χ0v) is 8.58. The van der Waals surface area contributed by atoms with Gasteiger partial charge in [0.25, 0.3) is 5.91 Å². The summed E-state index contributed by atoms with van der Waals surface area (Å²) in [6.45, 7) is 2.71. The molecule has 1 aromatic rings. The first-order valence-electron chi connectivity index (χ1n) is 4.95. The van der Waals surface area contributed by atoms with Crippen LogP contribution in [0.15, 0.2) is 6.20 Å². The minimum Gasteiger partial charge on any atom is -0.352 e. The lowest BCUT2D eigenvalue weighted by molar-refractivity contribution is 0.0951. The van der Waals surface area contributed by atoms with Crippen molar-refractivity contribution in [2.45, 2.75) is 19.8 Å². The second-order valence-electron chi connectivity index (χ2n) is 3.92. The molecule has 0 bridgehead atoms. The second-order valence-corrected chi connectivity index (χ2v) is 3.92. The van der Waals surface area contributed by atoms with Gasteiger partial charge >= 0.3 is 0 Å². The minimum atomic E-state index is 0.00231. The van der Waals surface area contributed by atoms with Crippen LogP contribution in [0.1, 0.15) is 28.9 Å². The largest absolute Gasteiger partial charge is 0.352 e. The van der Waals surface area contributed by atoms with Crippen LogP contribution in [-0.4, -0.2) is 22.2 Å². The van der Waals surface area contributed by atoms with Gasteiger partial charge in [-0.3, -0.25) is 9.48 Å². The summed E-state index contributed by atoms with van der Waals surface area (Å²) >= 11 is 0. The normalized spacial score (nSPS) is 15.6. The highest BCUT2D eigenvalue weighted by Gasteiger charge is 2.22. The molecule has 0 atom stereocenters. The molecule has 1 N–H and O–H groups in total. The molecule has 76 valence electrons. The van der Waals surface area contributed by atoms with Crippen molar-refractivity contribution in [3.05, 3.63) is 17.5 Å². The van der Waals surface area contributed by atoms with E-state index in [1.54, 1.807) is 10.9 Å². The van der Waals surface area contributed by atoms with Crippen molar-refractivity contribution in [2.24, 2.45) is 13.0 Å². The summed E-state index contributed by atoms with van der Waals surface area (Å²) < 4.78 is 1.71. The number of aryl methyl sites for hydroxylation is 1. The summed E-state index contributed by atoms with van der Waals surface area (Å²) in [4.78, 5) is 11.6. The Morgan fingerprint density at radius 2 is 2.43 bits per heavy atom. The van der Waals surface area contributed by atoms with Crippen molar-refractivity contribution in [1.29, 1.82) is 0 Å². The molecule has 0 spiro atoms. The zero-order valence-electron chi connectivity index (χ0n) is 8.58. The van der Waals surface area contributed by atoms with E-state index in [1.165, 1.54) is 12.8 Å². The maximum Gasteiger partial charge on any atom is 0.254 e. The maximum absolute atomic E-state index is 11.6. The lowest BCUT2D eigenvalue weighted by Gasteiger charge is -2.02. The van der Waals surface area contributed by atoms with Gasteiger partial charge in [0.15, 0.2) is 0 Å². The van der Waals surface area contributed by atoms with Crippen LogP contribution in [0.25, 0.3) is 0 Å². The van der Waals surface area contributed by atoms with Crippen LogP contribution in [0.4, 0.5) is 0 Å². The Bertz CT molecular complexity index is 352. The summed E-state index contributed by atoms with van der Waals surface area (Å²) in [5, 5.41) is 6.96. The smallest absolute Gasteiger partial charge is 0.254 e. The predicted molar refractivity (Wildman–Crippen MR) is 53.0 cm³/mol. The first-order valence-corrected chi connectivity index (χ1v) is 4.95. The molecule has 0 aromatic carbocycles. The van der Waals surface area contributed by atoms with E-state index in [0.717, 1.165) is 18.2 Å². The summed E-state index contributed by atoms with van der Waals surface area (Å²) in [6, 6.07) is 0. The third kappa shape index (κ3) is 1.78. The van der Waals surface area contributed by atoms with Gasteiger partial charge in [-0.1, -0.05) is 0 Å². The van der Waals surface area contributed by atoms with Gasteiger partial charge in [0, 0.05) is 19.3 Å². The van der Waals surface area contributed by atoms with Crippen molar-refractivity contribution in [3.8, 4) is 0 Å². The van der Waals surface area contributed by atoms with Gasteiger partial charge in [-0.05, 0) is 25.7 Å². The molecule has 0 aliphatic heterocycles. The number of nitrogens with one attached hydrogen (secondary N) is 1. The van der Waals surface area contributed by atoms with Gasteiger partial charge in [-0.25, -0.2) is 0 Å². The fourth-order valence-corrected chi connectivity index (χ4v) is 1.38. The van der Waals surface area contributed by atoms with Crippen LogP contribution in [0.2, 0.25) is 0 Å². The Balaban J connectivity index is 1.98. The first kappa shape index (κ1) is 9.24. The Morgan fingerprint density at radius 1 is 1.71 bits per heavy atom. The molecule has 0 radical (unpaired) electrons. The third-order valence-electron chi connectivity index (χ3n) is 2.73. The number of amides is 1. The van der Waals surface area contributed by atoms with Gasteiger partial charge in [-0.2, -0.15) is 5.10 Å². The standard InChI is InChI=1S/C10H15N3O/c1-7-9(6-12-13(7)2)10(14)11-5-8-3-4-8/h6,8H,3-5H2,1-2H3,(H,11,14). The van der Waals surface area contributed by atoms with Gasteiger partial charge in [0.05, 0.1) is 11.8 Å². The molecular weight excluding hydrogens is 178 g/mol. The van der Waals surface area contributed by atoms with Crippen LogP contribution < -0.4 is 5.32 Å². The fourth-order valence-electron chi connectivity index (χ4n) is 1.38. The quantitative estimate of drug-likeness (QED) is 0.774. The monoisotopic (exact) mass is 193 g/mol. The Hall–Kier alpha value is -1.32. The van der Waals surface area contributed by atoms with E-state index in [0.29, 0.717) is 5.56 Å². The molecule has 14 heavy (non-hydrogen) atoms. The van der Waals surface area contributed by atoms with Crippen molar-refractivity contribution < 1.29 is 4.79 Å². The maximum atomic E-state index is 11.6. The highest BCUT2D eigenvalue weighted by atomic mass is 16.1. The lowest BCUT2D eigenvalue weighted by atomic mass is 10.2. The van der Waals surface area contributed by atoms with Crippen LogP contribution in [-0.2, 0) is 7.05 Å². The molecule has 2 rings (SSSR count). The molecule has 0 saturated heterocycles. The Labute approximate surface area is 83.3 Å². The highest BCUT2D eigenvalue weighted by Crippen LogP contribution is 2.27. The number of carbonyl (C=O) groups is 1. The molecule has 1 heterocycles. The zero-order chi connectivity index (χ0) is 10.1. The van der Waals surface area contributed by atoms with Gasteiger partial charge < -0.3 is 5.32 Å². The molecule has 4 nitrogen and oxygen atoms in total. The number of carbonyl (C=O) groups excluding carboxylic acids is 1. The molecule has 4 heteroatoms. The molecule has 1 fully saturated rings. The van der Waals surface area contributed by atoms with E-state index in [9.17, 15) is 4.79 Å². The van der Waals surface area contributed by atoms with Gasteiger partial charge in [0.2, 0.25) is 0 Å². The van der Waals surface area contributed by atoms with Crippen LogP contribution >= 0.6 is 0 Å². The SMILES string of the molecule is Cc1c(C(=O)NCC2CC2)cnn1C. The lowest BCUT2D eigenvalue weighted by Crippen LogP contribution is -2.25. The van der Waals surface area contributed by atoms with Crippen molar-refractivity contribution in [2.75, 3.05) is 6.54 Å². The summed E-state index contributed by atoms with van der Waals surface area (Å²) in [5.41, 5.74) is 1.60. The van der Waals surface area contributed by atoms with E-state index in [-0.39, 0.29) is 5.91 Å². The highest BCUT2D eigenvalue weighted by molar-refractivity contribution is 5.95. The fraction of sp³-hybridized carbons (Fsp3) is 0.600. The number of aromatic nitrogens is 2. The summed E-state index contributed by atoms with van der Waals surface area (Å²) in [6.07, 6.45) is 4.14. The number of rotatable bonds is 3. The van der Waals surface area contributed by atoms with E-state index >= 15 is 0 Å². The average molecular weight is 193 g/mol. The average Bonchev–Trinajstić information content (AvgIpc) is 2.92. The number of hydrogen-bond acceptors (Lipinski definition) is 2. The van der Waals surface area contributed by atoms with Gasteiger partial charge in [-0.15, -0.1) is 0 Å². The molecule has 1 aliphatic carbocycles. The van der Waals surface area contributed by atoms with E-state index in [2.05, 4.69) is 10.4 Å². The molecular formula is C10H15N3O. The third-order valence-corrected chi connectivity index (χ3v) is 2.73. The van der Waals surface area contributed by atoms with Gasteiger partial charge in [0.1, 0.15) is 0 Å². The van der Waals surface area contributed by atoms with E-state index in [4.69, 9.17) is 0 Å². The van der Waals surface area contributed by atoms with Crippen LogP contribution in [0.5, 0.6) is 0 Å². The van der Waals surface area contributed by atoms with Crippen molar-refractivity contribution >= 4 is 5.91 Å². The molecule has 1 amide bonds. The van der Waals surface area contributed by atoms with Crippen LogP contribution in [0.3, 0.4) is 0 Å². The Kier molecular flexibility index (Phi) is 2.27. The molecule has 1 aromatic heterocycles. The molecule has 1 aliphatic rings. The second kappa shape index (κ2) is 3.44. The number of hydrogen-bond donors (Lipinski definition) is 1. The van der Waals surface area contributed by atoms with Crippen LogP contribution in [0, 0.1) is 12.8 Å². The first-order chi connectivity index (χ1) is 6.68.